The van der Waals surface area contributed by atoms with Gasteiger partial charge in [-0.1, -0.05) is 36.7 Å². The molecule has 0 spiro atoms. The highest BCUT2D eigenvalue weighted by atomic mass is 35.5. The summed E-state index contributed by atoms with van der Waals surface area (Å²) < 4.78 is 11.3. The summed E-state index contributed by atoms with van der Waals surface area (Å²) in [5.74, 6) is 1.41. The summed E-state index contributed by atoms with van der Waals surface area (Å²) in [5, 5.41) is 5.08. The van der Waals surface area contributed by atoms with Crippen molar-refractivity contribution < 1.29 is 4.21 Å². The van der Waals surface area contributed by atoms with Gasteiger partial charge in [0.05, 0.1) is 5.02 Å². The number of benzene rings is 1. The molecule has 1 heterocycles. The van der Waals surface area contributed by atoms with Crippen molar-refractivity contribution in [1.82, 2.24) is 10.3 Å². The van der Waals surface area contributed by atoms with E-state index in [9.17, 15) is 4.21 Å². The second-order valence-corrected chi connectivity index (χ2v) is 6.32. The lowest BCUT2D eigenvalue weighted by molar-refractivity contribution is 0.672. The number of halogens is 1. The van der Waals surface area contributed by atoms with Gasteiger partial charge in [-0.3, -0.25) is 4.21 Å². The first-order chi connectivity index (χ1) is 8.72. The van der Waals surface area contributed by atoms with Crippen LogP contribution in [0.4, 0.5) is 0 Å². The minimum absolute atomic E-state index is 0.675. The average Bonchev–Trinajstić information content (AvgIpc) is 2.72. The number of aromatic amines is 1. The molecule has 18 heavy (non-hydrogen) atoms. The molecular weight excluding hydrogens is 268 g/mol. The summed E-state index contributed by atoms with van der Waals surface area (Å²) in [6.45, 7) is 3.35. The number of H-pyrrole nitrogens is 1. The first kappa shape index (κ1) is 13.6. The molecule has 2 N–H and O–H groups in total. The van der Waals surface area contributed by atoms with Crippen molar-refractivity contribution >= 4 is 33.3 Å². The van der Waals surface area contributed by atoms with Crippen LogP contribution in [0.1, 0.15) is 12.6 Å². The molecule has 1 aromatic heterocycles. The summed E-state index contributed by atoms with van der Waals surface area (Å²) in [6.07, 6.45) is 0. The van der Waals surface area contributed by atoms with Crippen LogP contribution in [0.2, 0.25) is 5.02 Å². The molecule has 3 nitrogen and oxygen atoms in total. The van der Waals surface area contributed by atoms with Gasteiger partial charge >= 0.3 is 0 Å². The van der Waals surface area contributed by atoms with Crippen LogP contribution >= 0.6 is 11.6 Å². The number of nitrogens with one attached hydrogen (secondary N) is 2. The zero-order valence-electron chi connectivity index (χ0n) is 10.3. The van der Waals surface area contributed by atoms with Crippen LogP contribution in [0.25, 0.3) is 10.9 Å². The molecule has 0 amide bonds. The van der Waals surface area contributed by atoms with Crippen LogP contribution in [-0.4, -0.2) is 27.2 Å². The largest absolute Gasteiger partial charge is 0.356 e. The minimum atomic E-state index is -0.711. The third kappa shape index (κ3) is 3.13. The van der Waals surface area contributed by atoms with Crippen LogP contribution < -0.4 is 5.32 Å². The molecule has 0 saturated heterocycles. The van der Waals surface area contributed by atoms with Crippen molar-refractivity contribution in [3.8, 4) is 0 Å². The molecule has 2 aromatic rings. The predicted molar refractivity (Wildman–Crippen MR) is 78.6 cm³/mol. The molecule has 2 rings (SSSR count). The molecule has 0 aliphatic rings. The summed E-state index contributed by atoms with van der Waals surface area (Å²) in [6, 6.07) is 7.97. The molecule has 98 valence electrons. The Bertz CT molecular complexity index is 553. The van der Waals surface area contributed by atoms with Crippen molar-refractivity contribution in [2.75, 3.05) is 18.1 Å². The van der Waals surface area contributed by atoms with Gasteiger partial charge in [0.25, 0.3) is 0 Å². The van der Waals surface area contributed by atoms with E-state index in [1.165, 1.54) is 0 Å². The third-order valence-electron chi connectivity index (χ3n) is 2.84. The SMILES string of the molecule is CCS(=O)CCNCc1[nH]c2ccccc2c1Cl. The molecule has 0 aliphatic carbocycles. The highest BCUT2D eigenvalue weighted by molar-refractivity contribution is 7.84. The number of rotatable bonds is 6. The Hall–Kier alpha value is -0.840. The fourth-order valence-electron chi connectivity index (χ4n) is 1.83. The standard InChI is InChI=1S/C13H17ClN2OS/c1-2-18(17)8-7-15-9-12-13(14)10-5-3-4-6-11(10)16-12/h3-6,15-16H,2,7-9H2,1H3. The second-order valence-electron chi connectivity index (χ2n) is 4.07. The number of hydrogen-bond acceptors (Lipinski definition) is 2. The first-order valence-electron chi connectivity index (χ1n) is 6.03. The van der Waals surface area contributed by atoms with Gasteiger partial charge in [-0.2, -0.15) is 0 Å². The Morgan fingerprint density at radius 2 is 2.17 bits per heavy atom. The topological polar surface area (TPSA) is 44.9 Å². The average molecular weight is 285 g/mol. The molecule has 0 saturated carbocycles. The number of aromatic nitrogens is 1. The summed E-state index contributed by atoms with van der Waals surface area (Å²) in [7, 11) is -0.711. The van der Waals surface area contributed by atoms with Gasteiger partial charge in [0.15, 0.2) is 0 Å². The van der Waals surface area contributed by atoms with Gasteiger partial charge in [0.2, 0.25) is 0 Å². The summed E-state index contributed by atoms with van der Waals surface area (Å²) in [5.41, 5.74) is 2.04. The van der Waals surface area contributed by atoms with Crippen LogP contribution in [0.15, 0.2) is 24.3 Å². The van der Waals surface area contributed by atoms with Crippen LogP contribution in [0, 0.1) is 0 Å². The summed E-state index contributed by atoms with van der Waals surface area (Å²) >= 11 is 6.29. The van der Waals surface area contributed by atoms with Crippen LogP contribution in [0.3, 0.4) is 0 Å². The van der Waals surface area contributed by atoms with E-state index in [0.29, 0.717) is 12.3 Å². The Morgan fingerprint density at radius 3 is 2.89 bits per heavy atom. The fourth-order valence-corrected chi connectivity index (χ4v) is 2.77. The van der Waals surface area contributed by atoms with Gasteiger partial charge in [-0.15, -0.1) is 0 Å². The van der Waals surface area contributed by atoms with E-state index in [-0.39, 0.29) is 0 Å². The maximum atomic E-state index is 11.3. The van der Waals surface area contributed by atoms with E-state index in [4.69, 9.17) is 11.6 Å². The van der Waals surface area contributed by atoms with Crippen molar-refractivity contribution in [3.05, 3.63) is 35.0 Å². The van der Waals surface area contributed by atoms with Gasteiger partial charge in [0.1, 0.15) is 0 Å². The van der Waals surface area contributed by atoms with E-state index < -0.39 is 10.8 Å². The normalized spacial score (nSPS) is 13.0. The molecule has 1 unspecified atom stereocenters. The lowest BCUT2D eigenvalue weighted by Crippen LogP contribution is -2.20. The van der Waals surface area contributed by atoms with E-state index in [1.807, 2.05) is 31.2 Å². The zero-order valence-corrected chi connectivity index (χ0v) is 11.9. The Kier molecular flexibility index (Phi) is 4.80. The van der Waals surface area contributed by atoms with Crippen LogP contribution in [-0.2, 0) is 17.3 Å². The van der Waals surface area contributed by atoms with E-state index >= 15 is 0 Å². The number of hydrogen-bond donors (Lipinski definition) is 2. The zero-order chi connectivity index (χ0) is 13.0. The molecule has 0 aliphatic heterocycles. The van der Waals surface area contributed by atoms with Gasteiger partial charge in [0, 0.05) is 52.0 Å². The lowest BCUT2D eigenvalue weighted by Gasteiger charge is -2.03. The Balaban J connectivity index is 1.95. The smallest absolute Gasteiger partial charge is 0.0705 e. The second kappa shape index (κ2) is 6.36. The molecule has 0 fully saturated rings. The monoisotopic (exact) mass is 284 g/mol. The lowest BCUT2D eigenvalue weighted by atomic mass is 10.2. The van der Waals surface area contributed by atoms with Gasteiger partial charge in [-0.25, -0.2) is 0 Å². The predicted octanol–water partition coefficient (Wildman–Crippen LogP) is 2.68. The Labute approximate surface area is 114 Å². The number of fused-ring (bicyclic) bond motifs is 1. The van der Waals surface area contributed by atoms with Crippen molar-refractivity contribution in [1.29, 1.82) is 0 Å². The molecule has 0 radical (unpaired) electrons. The summed E-state index contributed by atoms with van der Waals surface area (Å²) in [4.78, 5) is 3.30. The third-order valence-corrected chi connectivity index (χ3v) is 4.58. The van der Waals surface area contributed by atoms with Crippen molar-refractivity contribution in [3.63, 3.8) is 0 Å². The fraction of sp³-hybridized carbons (Fsp3) is 0.385. The number of para-hydroxylation sites is 1. The molecule has 1 aromatic carbocycles. The maximum Gasteiger partial charge on any atom is 0.0705 e. The van der Waals surface area contributed by atoms with Crippen molar-refractivity contribution in [2.24, 2.45) is 0 Å². The quantitative estimate of drug-likeness (QED) is 0.801. The van der Waals surface area contributed by atoms with E-state index in [2.05, 4.69) is 10.3 Å². The molecule has 0 bridgehead atoms. The molecular formula is C13H17ClN2OS. The Morgan fingerprint density at radius 1 is 1.39 bits per heavy atom. The van der Waals surface area contributed by atoms with Gasteiger partial charge in [-0.05, 0) is 6.07 Å². The maximum absolute atomic E-state index is 11.3. The highest BCUT2D eigenvalue weighted by Gasteiger charge is 2.08. The van der Waals surface area contributed by atoms with Crippen LogP contribution in [0.5, 0.6) is 0 Å². The van der Waals surface area contributed by atoms with Crippen molar-refractivity contribution in [2.45, 2.75) is 13.5 Å². The minimum Gasteiger partial charge on any atom is -0.356 e. The molecule has 1 atom stereocenters. The van der Waals surface area contributed by atoms with E-state index in [0.717, 1.165) is 33.9 Å². The molecule has 5 heteroatoms. The van der Waals surface area contributed by atoms with E-state index in [1.54, 1.807) is 0 Å². The highest BCUT2D eigenvalue weighted by Crippen LogP contribution is 2.26. The first-order valence-corrected chi connectivity index (χ1v) is 7.89. The van der Waals surface area contributed by atoms with Gasteiger partial charge < -0.3 is 10.3 Å².